The van der Waals surface area contributed by atoms with Gasteiger partial charge in [-0.05, 0) is 60.6 Å². The summed E-state index contributed by atoms with van der Waals surface area (Å²) < 4.78 is 38.0. The number of pyridine rings is 1. The van der Waals surface area contributed by atoms with Crippen LogP contribution in [0.5, 0.6) is 0 Å². The van der Waals surface area contributed by atoms with E-state index in [0.717, 1.165) is 40.7 Å². The minimum Gasteiger partial charge on any atom is -0.316 e. The van der Waals surface area contributed by atoms with Gasteiger partial charge in [-0.2, -0.15) is 0 Å². The maximum absolute atomic E-state index is 13.1. The summed E-state index contributed by atoms with van der Waals surface area (Å²) in [4.78, 5) is 9.73. The minimum absolute atomic E-state index is 0.260. The van der Waals surface area contributed by atoms with Crippen molar-refractivity contribution in [3.63, 3.8) is 0 Å². The number of halogens is 1. The lowest BCUT2D eigenvalue weighted by Crippen LogP contribution is -2.38. The first-order chi connectivity index (χ1) is 14.4. The molecule has 30 heavy (non-hydrogen) atoms. The molecule has 9 heteroatoms. The van der Waals surface area contributed by atoms with Crippen molar-refractivity contribution in [1.29, 1.82) is 0 Å². The van der Waals surface area contributed by atoms with E-state index < -0.39 is 10.0 Å². The number of hydrogen-bond acceptors (Lipinski definition) is 6. The summed E-state index contributed by atoms with van der Waals surface area (Å²) >= 11 is 1.48. The molecule has 1 aliphatic heterocycles. The molecule has 1 N–H and O–H groups in total. The molecule has 3 aromatic rings. The van der Waals surface area contributed by atoms with Crippen LogP contribution in [0.25, 0.3) is 10.4 Å². The monoisotopic (exact) mass is 446 g/mol. The Kier molecular flexibility index (Phi) is 6.12. The van der Waals surface area contributed by atoms with Crippen LogP contribution in [0.1, 0.15) is 18.4 Å². The van der Waals surface area contributed by atoms with Gasteiger partial charge in [0.2, 0.25) is 10.0 Å². The van der Waals surface area contributed by atoms with Gasteiger partial charge >= 0.3 is 0 Å². The van der Waals surface area contributed by atoms with Crippen LogP contribution in [0.3, 0.4) is 0 Å². The molecule has 6 nitrogen and oxygen atoms in total. The fourth-order valence-electron chi connectivity index (χ4n) is 3.64. The molecule has 1 fully saturated rings. The van der Waals surface area contributed by atoms with Crippen molar-refractivity contribution in [2.75, 3.05) is 24.7 Å². The van der Waals surface area contributed by atoms with Crippen molar-refractivity contribution >= 4 is 32.3 Å². The van der Waals surface area contributed by atoms with Crippen molar-refractivity contribution in [2.45, 2.75) is 19.3 Å². The van der Waals surface area contributed by atoms with Gasteiger partial charge in [0.1, 0.15) is 11.6 Å². The van der Waals surface area contributed by atoms with Crippen molar-refractivity contribution < 1.29 is 12.8 Å². The normalized spacial score (nSPS) is 15.9. The molecule has 0 bridgehead atoms. The zero-order chi connectivity index (χ0) is 21.1. The van der Waals surface area contributed by atoms with Crippen LogP contribution in [-0.2, 0) is 16.4 Å². The summed E-state index contributed by atoms with van der Waals surface area (Å²) in [5.41, 5.74) is 2.09. The zero-order valence-electron chi connectivity index (χ0n) is 16.6. The number of benzene rings is 1. The SMILES string of the molecule is CS(=O)(=O)N1CCC(Cc2ccnc(Nc3ncc(-c4ccc(F)cc4)s3)c2)CC1. The highest BCUT2D eigenvalue weighted by Crippen LogP contribution is 2.31. The minimum atomic E-state index is -3.09. The van der Waals surface area contributed by atoms with Gasteiger partial charge < -0.3 is 5.32 Å². The van der Waals surface area contributed by atoms with Gasteiger partial charge in [0.25, 0.3) is 0 Å². The van der Waals surface area contributed by atoms with E-state index in [2.05, 4.69) is 15.3 Å². The Morgan fingerprint density at radius 2 is 1.90 bits per heavy atom. The molecule has 4 rings (SSSR count). The first kappa shape index (κ1) is 20.9. The van der Waals surface area contributed by atoms with Crippen molar-refractivity contribution in [1.82, 2.24) is 14.3 Å². The average molecular weight is 447 g/mol. The average Bonchev–Trinajstić information content (AvgIpc) is 3.17. The first-order valence-electron chi connectivity index (χ1n) is 9.76. The number of rotatable bonds is 6. The van der Waals surface area contributed by atoms with Crippen molar-refractivity contribution in [2.24, 2.45) is 5.92 Å². The standard InChI is InChI=1S/C21H23FN4O2S2/c1-30(27,28)26-10-7-15(8-11-26)12-16-6-9-23-20(13-16)25-21-24-14-19(29-21)17-2-4-18(22)5-3-17/h2-6,9,13-15H,7-8,10-12H2,1H3,(H,23,24,25). The van der Waals surface area contributed by atoms with Crippen LogP contribution in [0.4, 0.5) is 15.3 Å². The molecular formula is C21H23FN4O2S2. The molecule has 3 heterocycles. The van der Waals surface area contributed by atoms with Crippen LogP contribution in [0.15, 0.2) is 48.8 Å². The highest BCUT2D eigenvalue weighted by atomic mass is 32.2. The molecule has 1 aromatic carbocycles. The predicted molar refractivity (Wildman–Crippen MR) is 118 cm³/mol. The van der Waals surface area contributed by atoms with E-state index >= 15 is 0 Å². The number of nitrogens with one attached hydrogen (secondary N) is 1. The van der Waals surface area contributed by atoms with E-state index in [1.54, 1.807) is 28.8 Å². The Labute approximate surface area is 179 Å². The van der Waals surface area contributed by atoms with Gasteiger partial charge in [-0.1, -0.05) is 23.5 Å². The molecule has 1 saturated heterocycles. The highest BCUT2D eigenvalue weighted by Gasteiger charge is 2.25. The lowest BCUT2D eigenvalue weighted by atomic mass is 9.91. The van der Waals surface area contributed by atoms with E-state index in [1.807, 2.05) is 12.1 Å². The Bertz CT molecular complexity index is 1110. The van der Waals surface area contributed by atoms with Gasteiger partial charge in [0.15, 0.2) is 5.13 Å². The molecule has 0 radical (unpaired) electrons. The molecule has 0 aliphatic carbocycles. The smallest absolute Gasteiger partial charge is 0.211 e. The number of hydrogen-bond donors (Lipinski definition) is 1. The van der Waals surface area contributed by atoms with Crippen molar-refractivity contribution in [3.8, 4) is 10.4 Å². The maximum Gasteiger partial charge on any atom is 0.211 e. The molecule has 1 aliphatic rings. The van der Waals surface area contributed by atoms with E-state index in [4.69, 9.17) is 0 Å². The van der Waals surface area contributed by atoms with Crippen LogP contribution in [0.2, 0.25) is 0 Å². The predicted octanol–water partition coefficient (Wildman–Crippen LogP) is 4.30. The lowest BCUT2D eigenvalue weighted by Gasteiger charge is -2.30. The van der Waals surface area contributed by atoms with Crippen LogP contribution in [0, 0.1) is 11.7 Å². The third kappa shape index (κ3) is 5.21. The zero-order valence-corrected chi connectivity index (χ0v) is 18.2. The van der Waals surface area contributed by atoms with Crippen LogP contribution < -0.4 is 5.32 Å². The second-order valence-electron chi connectivity index (χ2n) is 7.52. The quantitative estimate of drug-likeness (QED) is 0.611. The van der Waals surface area contributed by atoms with Gasteiger partial charge in [0.05, 0.1) is 11.1 Å². The molecule has 0 spiro atoms. The van der Waals surface area contributed by atoms with Gasteiger partial charge in [-0.3, -0.25) is 0 Å². The Morgan fingerprint density at radius 1 is 1.17 bits per heavy atom. The fraction of sp³-hybridized carbons (Fsp3) is 0.333. The molecule has 0 unspecified atom stereocenters. The summed E-state index contributed by atoms with van der Waals surface area (Å²) in [6, 6.07) is 10.4. The molecule has 0 atom stereocenters. The number of anilines is 2. The molecule has 2 aromatic heterocycles. The van der Waals surface area contributed by atoms with E-state index in [0.29, 0.717) is 19.0 Å². The molecule has 158 valence electrons. The Hall–Kier alpha value is -2.36. The largest absolute Gasteiger partial charge is 0.316 e. The number of piperidine rings is 1. The maximum atomic E-state index is 13.1. The third-order valence-corrected chi connectivity index (χ3v) is 7.53. The second kappa shape index (κ2) is 8.79. The molecule has 0 saturated carbocycles. The Morgan fingerprint density at radius 3 is 2.60 bits per heavy atom. The summed E-state index contributed by atoms with van der Waals surface area (Å²) in [6.07, 6.45) is 7.44. The topological polar surface area (TPSA) is 75.2 Å². The summed E-state index contributed by atoms with van der Waals surface area (Å²) in [6.45, 7) is 1.18. The first-order valence-corrected chi connectivity index (χ1v) is 12.4. The molecular weight excluding hydrogens is 423 g/mol. The lowest BCUT2D eigenvalue weighted by molar-refractivity contribution is 0.274. The van der Waals surface area contributed by atoms with Crippen molar-refractivity contribution in [3.05, 3.63) is 60.2 Å². The van der Waals surface area contributed by atoms with Crippen LogP contribution >= 0.6 is 11.3 Å². The second-order valence-corrected chi connectivity index (χ2v) is 10.5. The third-order valence-electron chi connectivity index (χ3n) is 5.26. The van der Waals surface area contributed by atoms with Gasteiger partial charge in [-0.15, -0.1) is 0 Å². The van der Waals surface area contributed by atoms with E-state index in [-0.39, 0.29) is 5.82 Å². The summed E-state index contributed by atoms with van der Waals surface area (Å²) in [5.74, 6) is 0.925. The number of nitrogens with zero attached hydrogens (tertiary/aromatic N) is 3. The Balaban J connectivity index is 1.38. The van der Waals surface area contributed by atoms with E-state index in [9.17, 15) is 12.8 Å². The van der Waals surface area contributed by atoms with Gasteiger partial charge in [0, 0.05) is 25.5 Å². The van der Waals surface area contributed by atoms with Gasteiger partial charge in [-0.25, -0.2) is 27.1 Å². The molecule has 0 amide bonds. The van der Waals surface area contributed by atoms with Crippen LogP contribution in [-0.4, -0.2) is 42.0 Å². The summed E-state index contributed by atoms with van der Waals surface area (Å²) in [7, 11) is -3.09. The highest BCUT2D eigenvalue weighted by molar-refractivity contribution is 7.88. The number of thiazole rings is 1. The number of sulfonamides is 1. The number of aromatic nitrogens is 2. The fourth-order valence-corrected chi connectivity index (χ4v) is 5.34. The summed E-state index contributed by atoms with van der Waals surface area (Å²) in [5, 5.41) is 3.97. The van der Waals surface area contributed by atoms with E-state index in [1.165, 1.54) is 35.3 Å².